The quantitative estimate of drug-likeness (QED) is 0.757. The monoisotopic (exact) mass is 367 g/mol. The summed E-state index contributed by atoms with van der Waals surface area (Å²) in [7, 11) is 1.76. The standard InChI is InChI=1S/C22H25NO4/c1-24-9-5-4-8-23-13-22(17-6-2-3-7-19(17)23)14-26-21-10-16-12-25-15-27-20(16)11-18(21)22/h2-3,6-7,10-11H,4-5,8-9,12-15H2,1H3. The van der Waals surface area contributed by atoms with E-state index >= 15 is 0 Å². The molecule has 1 unspecified atom stereocenters. The first-order valence-corrected chi connectivity index (χ1v) is 9.66. The number of fused-ring (bicyclic) bond motifs is 5. The Morgan fingerprint density at radius 1 is 1.07 bits per heavy atom. The maximum absolute atomic E-state index is 6.19. The van der Waals surface area contributed by atoms with E-state index in [4.69, 9.17) is 18.9 Å². The van der Waals surface area contributed by atoms with Gasteiger partial charge in [0, 0.05) is 43.6 Å². The number of para-hydroxylation sites is 1. The van der Waals surface area contributed by atoms with E-state index < -0.39 is 0 Å². The summed E-state index contributed by atoms with van der Waals surface area (Å²) < 4.78 is 22.6. The van der Waals surface area contributed by atoms with Crippen molar-refractivity contribution >= 4 is 5.69 Å². The van der Waals surface area contributed by atoms with Gasteiger partial charge in [0.2, 0.25) is 0 Å². The first-order chi connectivity index (χ1) is 13.3. The summed E-state index contributed by atoms with van der Waals surface area (Å²) in [5.41, 5.74) is 4.88. The molecule has 3 heterocycles. The van der Waals surface area contributed by atoms with E-state index in [9.17, 15) is 0 Å². The van der Waals surface area contributed by atoms with E-state index in [1.165, 1.54) is 16.8 Å². The van der Waals surface area contributed by atoms with Crippen molar-refractivity contribution in [1.82, 2.24) is 0 Å². The Kier molecular flexibility index (Phi) is 4.21. The number of methoxy groups -OCH3 is 1. The Balaban J connectivity index is 1.51. The normalized spacial score (nSPS) is 22.2. The first kappa shape index (κ1) is 16.9. The molecule has 142 valence electrons. The van der Waals surface area contributed by atoms with Crippen molar-refractivity contribution in [2.24, 2.45) is 0 Å². The Morgan fingerprint density at radius 2 is 2.00 bits per heavy atom. The number of hydrogen-bond donors (Lipinski definition) is 0. The van der Waals surface area contributed by atoms with Crippen LogP contribution in [-0.2, 0) is 21.5 Å². The second-order valence-corrected chi connectivity index (χ2v) is 7.58. The summed E-state index contributed by atoms with van der Waals surface area (Å²) in [6.07, 6.45) is 2.20. The molecule has 2 aromatic rings. The third-order valence-electron chi connectivity index (χ3n) is 5.96. The molecule has 0 aromatic heterocycles. The SMILES string of the molecule is COCCCCN1CC2(COc3cc4c(cc32)OCOC4)c2ccccc21. The Bertz CT molecular complexity index is 852. The molecule has 3 aliphatic rings. The summed E-state index contributed by atoms with van der Waals surface area (Å²) in [6, 6.07) is 13.0. The number of ether oxygens (including phenoxy) is 4. The maximum Gasteiger partial charge on any atom is 0.189 e. The second-order valence-electron chi connectivity index (χ2n) is 7.58. The highest BCUT2D eigenvalue weighted by atomic mass is 16.7. The summed E-state index contributed by atoms with van der Waals surface area (Å²) in [4.78, 5) is 2.51. The molecule has 0 saturated carbocycles. The van der Waals surface area contributed by atoms with E-state index in [1.807, 2.05) is 0 Å². The van der Waals surface area contributed by atoms with Crippen molar-refractivity contribution < 1.29 is 18.9 Å². The third kappa shape index (κ3) is 2.68. The number of nitrogens with zero attached hydrogens (tertiary/aromatic N) is 1. The van der Waals surface area contributed by atoms with Crippen molar-refractivity contribution in [2.45, 2.75) is 24.9 Å². The Morgan fingerprint density at radius 3 is 2.93 bits per heavy atom. The highest BCUT2D eigenvalue weighted by molar-refractivity contribution is 5.70. The molecule has 0 amide bonds. The van der Waals surface area contributed by atoms with Crippen molar-refractivity contribution in [3.63, 3.8) is 0 Å². The fourth-order valence-electron chi connectivity index (χ4n) is 4.63. The van der Waals surface area contributed by atoms with Crippen LogP contribution in [0.1, 0.15) is 29.5 Å². The molecule has 3 aliphatic heterocycles. The van der Waals surface area contributed by atoms with Gasteiger partial charge in [-0.2, -0.15) is 0 Å². The highest BCUT2D eigenvalue weighted by Gasteiger charge is 2.50. The minimum atomic E-state index is -0.121. The van der Waals surface area contributed by atoms with Gasteiger partial charge in [0.05, 0.1) is 12.0 Å². The zero-order valence-electron chi connectivity index (χ0n) is 15.7. The maximum atomic E-state index is 6.19. The van der Waals surface area contributed by atoms with E-state index in [2.05, 4.69) is 41.3 Å². The summed E-state index contributed by atoms with van der Waals surface area (Å²) in [6.45, 7) is 4.38. The molecule has 1 spiro atoms. The molecule has 0 radical (unpaired) electrons. The molecule has 5 rings (SSSR count). The predicted molar refractivity (Wildman–Crippen MR) is 103 cm³/mol. The smallest absolute Gasteiger partial charge is 0.189 e. The molecule has 2 aromatic carbocycles. The zero-order valence-corrected chi connectivity index (χ0v) is 15.7. The van der Waals surface area contributed by atoms with Gasteiger partial charge < -0.3 is 23.8 Å². The van der Waals surface area contributed by atoms with Gasteiger partial charge in [-0.05, 0) is 36.6 Å². The average molecular weight is 367 g/mol. The van der Waals surface area contributed by atoms with Crippen molar-refractivity contribution in [3.8, 4) is 11.5 Å². The van der Waals surface area contributed by atoms with Gasteiger partial charge in [0.1, 0.15) is 18.1 Å². The fraction of sp³-hybridized carbons (Fsp3) is 0.455. The largest absolute Gasteiger partial charge is 0.492 e. The second kappa shape index (κ2) is 6.73. The van der Waals surface area contributed by atoms with Crippen LogP contribution in [0.5, 0.6) is 11.5 Å². The third-order valence-corrected chi connectivity index (χ3v) is 5.96. The Labute approximate surface area is 159 Å². The van der Waals surface area contributed by atoms with Crippen LogP contribution in [-0.4, -0.2) is 40.2 Å². The molecule has 0 fully saturated rings. The van der Waals surface area contributed by atoms with Crippen LogP contribution in [0.4, 0.5) is 5.69 Å². The van der Waals surface area contributed by atoms with Gasteiger partial charge in [-0.15, -0.1) is 0 Å². The number of unbranched alkanes of at least 4 members (excludes halogenated alkanes) is 1. The van der Waals surface area contributed by atoms with Crippen LogP contribution in [0.2, 0.25) is 0 Å². The summed E-state index contributed by atoms with van der Waals surface area (Å²) >= 11 is 0. The average Bonchev–Trinajstić information content (AvgIpc) is 3.23. The highest BCUT2D eigenvalue weighted by Crippen LogP contribution is 2.53. The van der Waals surface area contributed by atoms with Gasteiger partial charge in [-0.25, -0.2) is 0 Å². The minimum Gasteiger partial charge on any atom is -0.492 e. The van der Waals surface area contributed by atoms with E-state index in [0.29, 0.717) is 20.0 Å². The lowest BCUT2D eigenvalue weighted by Gasteiger charge is -2.26. The van der Waals surface area contributed by atoms with Gasteiger partial charge in [0.15, 0.2) is 6.79 Å². The van der Waals surface area contributed by atoms with E-state index in [1.54, 1.807) is 7.11 Å². The number of anilines is 1. The number of benzene rings is 2. The Hall–Kier alpha value is -2.24. The van der Waals surface area contributed by atoms with Gasteiger partial charge in [0.25, 0.3) is 0 Å². The summed E-state index contributed by atoms with van der Waals surface area (Å²) in [5, 5.41) is 0. The lowest BCUT2D eigenvalue weighted by molar-refractivity contribution is -0.0165. The van der Waals surface area contributed by atoms with E-state index in [0.717, 1.165) is 49.6 Å². The fourth-order valence-corrected chi connectivity index (χ4v) is 4.63. The number of hydrogen-bond acceptors (Lipinski definition) is 5. The predicted octanol–water partition coefficient (Wildman–Crippen LogP) is 3.48. The van der Waals surface area contributed by atoms with Crippen LogP contribution in [0, 0.1) is 0 Å². The van der Waals surface area contributed by atoms with Crippen LogP contribution >= 0.6 is 0 Å². The molecule has 0 saturated heterocycles. The minimum absolute atomic E-state index is 0.121. The van der Waals surface area contributed by atoms with Crippen LogP contribution < -0.4 is 14.4 Å². The molecular weight excluding hydrogens is 342 g/mol. The number of rotatable bonds is 5. The van der Waals surface area contributed by atoms with Gasteiger partial charge >= 0.3 is 0 Å². The van der Waals surface area contributed by atoms with Crippen LogP contribution in [0.3, 0.4) is 0 Å². The topological polar surface area (TPSA) is 40.2 Å². The molecule has 0 N–H and O–H groups in total. The van der Waals surface area contributed by atoms with Crippen molar-refractivity contribution in [2.75, 3.05) is 45.1 Å². The van der Waals surface area contributed by atoms with Crippen molar-refractivity contribution in [1.29, 1.82) is 0 Å². The molecule has 0 aliphatic carbocycles. The van der Waals surface area contributed by atoms with E-state index in [-0.39, 0.29) is 5.41 Å². The zero-order chi connectivity index (χ0) is 18.3. The van der Waals surface area contributed by atoms with Gasteiger partial charge in [-0.3, -0.25) is 0 Å². The van der Waals surface area contributed by atoms with Crippen molar-refractivity contribution in [3.05, 3.63) is 53.1 Å². The van der Waals surface area contributed by atoms with Gasteiger partial charge in [-0.1, -0.05) is 18.2 Å². The lowest BCUT2D eigenvalue weighted by atomic mass is 9.77. The molecule has 0 bridgehead atoms. The summed E-state index contributed by atoms with van der Waals surface area (Å²) in [5.74, 6) is 1.90. The molecular formula is C22H25NO4. The first-order valence-electron chi connectivity index (χ1n) is 9.66. The lowest BCUT2D eigenvalue weighted by Crippen LogP contribution is -2.36. The molecule has 5 heteroatoms. The van der Waals surface area contributed by atoms with Crippen LogP contribution in [0.15, 0.2) is 36.4 Å². The molecule has 5 nitrogen and oxygen atoms in total. The molecule has 1 atom stereocenters. The van der Waals surface area contributed by atoms with Crippen LogP contribution in [0.25, 0.3) is 0 Å². The molecule has 27 heavy (non-hydrogen) atoms.